The number of nitrogens with one attached hydrogen (secondary N) is 1. The van der Waals surface area contributed by atoms with Crippen LogP contribution in [-0.2, 0) is 6.42 Å². The highest BCUT2D eigenvalue weighted by molar-refractivity contribution is 5.87. The number of aryl methyl sites for hydroxylation is 1. The smallest absolute Gasteiger partial charge is 0.283 e. The van der Waals surface area contributed by atoms with Gasteiger partial charge in [-0.1, -0.05) is 30.3 Å². The van der Waals surface area contributed by atoms with Crippen molar-refractivity contribution in [3.63, 3.8) is 0 Å². The van der Waals surface area contributed by atoms with Crippen molar-refractivity contribution in [3.8, 4) is 0 Å². The number of halogens is 2. The number of amidine groups is 1. The largest absolute Gasteiger partial charge is 0.287 e. The lowest BCUT2D eigenvalue weighted by atomic mass is 10.1. The molecule has 1 N–H and O–H groups in total. The van der Waals surface area contributed by atoms with E-state index in [0.29, 0.717) is 12.6 Å². The van der Waals surface area contributed by atoms with Crippen LogP contribution in [0.3, 0.4) is 0 Å². The standard InChI is InChI=1S/C12H14F2N2/c1-10(15)16-9-12(13,14)8-7-11-5-3-2-4-6-11/h2-6,9,15H,7-8H2,1H3/b15-10?,16-9+. The van der Waals surface area contributed by atoms with E-state index in [-0.39, 0.29) is 12.3 Å². The van der Waals surface area contributed by atoms with E-state index in [1.807, 2.05) is 30.3 Å². The van der Waals surface area contributed by atoms with Crippen LogP contribution in [0.25, 0.3) is 0 Å². The van der Waals surface area contributed by atoms with Gasteiger partial charge in [0.25, 0.3) is 5.92 Å². The lowest BCUT2D eigenvalue weighted by Crippen LogP contribution is -2.19. The second-order valence-corrected chi connectivity index (χ2v) is 3.59. The number of hydrogen-bond acceptors (Lipinski definition) is 1. The fourth-order valence-corrected chi connectivity index (χ4v) is 1.21. The molecule has 0 fully saturated rings. The number of alkyl halides is 2. The third-order valence-electron chi connectivity index (χ3n) is 2.04. The Morgan fingerprint density at radius 1 is 1.38 bits per heavy atom. The quantitative estimate of drug-likeness (QED) is 0.601. The van der Waals surface area contributed by atoms with Crippen LogP contribution in [0, 0.1) is 5.41 Å². The van der Waals surface area contributed by atoms with Crippen LogP contribution < -0.4 is 0 Å². The molecule has 0 amide bonds. The van der Waals surface area contributed by atoms with Crippen molar-refractivity contribution >= 4 is 12.1 Å². The van der Waals surface area contributed by atoms with E-state index in [1.165, 1.54) is 6.92 Å². The molecule has 0 aliphatic rings. The van der Waals surface area contributed by atoms with Crippen molar-refractivity contribution in [3.05, 3.63) is 35.9 Å². The molecule has 2 nitrogen and oxygen atoms in total. The lowest BCUT2D eigenvalue weighted by molar-refractivity contribution is 0.0743. The summed E-state index contributed by atoms with van der Waals surface area (Å²) in [5.41, 5.74) is 0.877. The first kappa shape index (κ1) is 12.5. The van der Waals surface area contributed by atoms with Crippen molar-refractivity contribution in [2.75, 3.05) is 0 Å². The van der Waals surface area contributed by atoms with E-state index < -0.39 is 5.92 Å². The molecule has 0 atom stereocenters. The fraction of sp³-hybridized carbons (Fsp3) is 0.333. The van der Waals surface area contributed by atoms with Gasteiger partial charge in [-0.3, -0.25) is 5.41 Å². The summed E-state index contributed by atoms with van der Waals surface area (Å²) in [6, 6.07) is 9.12. The predicted octanol–water partition coefficient (Wildman–Crippen LogP) is 3.32. The molecule has 16 heavy (non-hydrogen) atoms. The molecule has 0 spiro atoms. The molecule has 1 aromatic carbocycles. The Kier molecular flexibility index (Phi) is 4.28. The molecule has 0 bridgehead atoms. The molecule has 0 aromatic heterocycles. The van der Waals surface area contributed by atoms with Crippen molar-refractivity contribution in [2.24, 2.45) is 4.99 Å². The van der Waals surface area contributed by atoms with Crippen LogP contribution in [0.2, 0.25) is 0 Å². The van der Waals surface area contributed by atoms with Gasteiger partial charge < -0.3 is 0 Å². The van der Waals surface area contributed by atoms with E-state index in [0.717, 1.165) is 5.56 Å². The number of rotatable bonds is 4. The minimum Gasteiger partial charge on any atom is -0.287 e. The molecule has 0 unspecified atom stereocenters. The van der Waals surface area contributed by atoms with Gasteiger partial charge in [-0.25, -0.2) is 13.8 Å². The summed E-state index contributed by atoms with van der Waals surface area (Å²) in [4.78, 5) is 3.32. The van der Waals surface area contributed by atoms with E-state index in [9.17, 15) is 8.78 Å². The van der Waals surface area contributed by atoms with E-state index >= 15 is 0 Å². The number of hydrogen-bond donors (Lipinski definition) is 1. The summed E-state index contributed by atoms with van der Waals surface area (Å²) in [5.74, 6) is -3.06. The first-order valence-electron chi connectivity index (χ1n) is 5.02. The third-order valence-corrected chi connectivity index (χ3v) is 2.04. The van der Waals surface area contributed by atoms with Crippen LogP contribution in [0.5, 0.6) is 0 Å². The van der Waals surface area contributed by atoms with Gasteiger partial charge in [-0.2, -0.15) is 0 Å². The first-order chi connectivity index (χ1) is 7.49. The van der Waals surface area contributed by atoms with Crippen molar-refractivity contribution in [1.29, 1.82) is 5.41 Å². The van der Waals surface area contributed by atoms with Gasteiger partial charge in [0.15, 0.2) is 0 Å². The molecule has 0 saturated carbocycles. The Bertz CT molecular complexity index is 372. The summed E-state index contributed by atoms with van der Waals surface area (Å²) in [7, 11) is 0. The third kappa shape index (κ3) is 4.77. The SMILES string of the molecule is CC(=N)/N=C/C(F)(F)CCc1ccccc1. The molecular formula is C12H14F2N2. The second kappa shape index (κ2) is 5.49. The molecule has 4 heteroatoms. The molecule has 0 radical (unpaired) electrons. The van der Waals surface area contributed by atoms with E-state index in [2.05, 4.69) is 4.99 Å². The fourth-order valence-electron chi connectivity index (χ4n) is 1.21. The molecule has 86 valence electrons. The maximum atomic E-state index is 13.2. The van der Waals surface area contributed by atoms with Gasteiger partial charge in [0.2, 0.25) is 0 Å². The normalized spacial score (nSPS) is 11.9. The molecule has 0 heterocycles. The lowest BCUT2D eigenvalue weighted by Gasteiger charge is -2.10. The van der Waals surface area contributed by atoms with Crippen molar-refractivity contribution in [1.82, 2.24) is 0 Å². The van der Waals surface area contributed by atoms with Gasteiger partial charge >= 0.3 is 0 Å². The maximum Gasteiger partial charge on any atom is 0.283 e. The van der Waals surface area contributed by atoms with Gasteiger partial charge in [0, 0.05) is 6.42 Å². The molecule has 0 saturated heterocycles. The summed E-state index contributed by atoms with van der Waals surface area (Å²) in [5, 5.41) is 6.94. The Labute approximate surface area is 93.5 Å². The Hall–Kier alpha value is -1.58. The molecule has 0 aliphatic heterocycles. The topological polar surface area (TPSA) is 36.2 Å². The summed E-state index contributed by atoms with van der Waals surface area (Å²) >= 11 is 0. The number of benzene rings is 1. The van der Waals surface area contributed by atoms with Crippen LogP contribution in [0.1, 0.15) is 18.9 Å². The van der Waals surface area contributed by atoms with E-state index in [1.54, 1.807) is 0 Å². The minimum absolute atomic E-state index is 0.112. The Balaban J connectivity index is 2.51. The number of nitrogens with zero attached hydrogens (tertiary/aromatic N) is 1. The Morgan fingerprint density at radius 2 is 2.00 bits per heavy atom. The molecule has 1 aromatic rings. The van der Waals surface area contributed by atoms with Crippen LogP contribution in [0.4, 0.5) is 8.78 Å². The van der Waals surface area contributed by atoms with Gasteiger partial charge in [0.1, 0.15) is 5.84 Å². The van der Waals surface area contributed by atoms with Gasteiger partial charge in [0.05, 0.1) is 6.21 Å². The van der Waals surface area contributed by atoms with Gasteiger partial charge in [-0.15, -0.1) is 0 Å². The second-order valence-electron chi connectivity index (χ2n) is 3.59. The first-order valence-corrected chi connectivity index (χ1v) is 5.02. The highest BCUT2D eigenvalue weighted by Crippen LogP contribution is 2.18. The number of aliphatic imine (C=N–C) groups is 1. The van der Waals surface area contributed by atoms with Crippen LogP contribution in [0.15, 0.2) is 35.3 Å². The zero-order chi connectivity index (χ0) is 12.0. The van der Waals surface area contributed by atoms with Crippen LogP contribution >= 0.6 is 0 Å². The molecule has 1 rings (SSSR count). The maximum absolute atomic E-state index is 13.2. The average Bonchev–Trinajstić information content (AvgIpc) is 2.26. The zero-order valence-electron chi connectivity index (χ0n) is 9.08. The summed E-state index contributed by atoms with van der Waals surface area (Å²) < 4.78 is 26.4. The zero-order valence-corrected chi connectivity index (χ0v) is 9.08. The summed E-state index contributed by atoms with van der Waals surface area (Å²) in [6.45, 7) is 1.36. The predicted molar refractivity (Wildman–Crippen MR) is 61.6 cm³/mol. The molecule has 0 aliphatic carbocycles. The molecular weight excluding hydrogens is 210 g/mol. The minimum atomic E-state index is -2.95. The van der Waals surface area contributed by atoms with Crippen LogP contribution in [-0.4, -0.2) is 18.0 Å². The van der Waals surface area contributed by atoms with E-state index in [4.69, 9.17) is 5.41 Å². The monoisotopic (exact) mass is 224 g/mol. The van der Waals surface area contributed by atoms with Gasteiger partial charge in [-0.05, 0) is 18.9 Å². The highest BCUT2D eigenvalue weighted by atomic mass is 19.3. The van der Waals surface area contributed by atoms with Crippen molar-refractivity contribution < 1.29 is 8.78 Å². The average molecular weight is 224 g/mol. The van der Waals surface area contributed by atoms with Crippen molar-refractivity contribution in [2.45, 2.75) is 25.7 Å². The highest BCUT2D eigenvalue weighted by Gasteiger charge is 2.25. The summed E-state index contributed by atoms with van der Waals surface area (Å²) in [6.07, 6.45) is 0.572. The Morgan fingerprint density at radius 3 is 2.56 bits per heavy atom.